The van der Waals surface area contributed by atoms with Crippen molar-refractivity contribution in [3.05, 3.63) is 0 Å². The third kappa shape index (κ3) is 4.25. The molecule has 18 heavy (non-hydrogen) atoms. The predicted octanol–water partition coefficient (Wildman–Crippen LogP) is 1.83. The van der Waals surface area contributed by atoms with E-state index >= 15 is 0 Å². The number of rotatable bonds is 7. The van der Waals surface area contributed by atoms with E-state index in [2.05, 4.69) is 12.2 Å². The fourth-order valence-corrected chi connectivity index (χ4v) is 2.63. The Morgan fingerprint density at radius 1 is 1.44 bits per heavy atom. The van der Waals surface area contributed by atoms with Gasteiger partial charge in [-0.05, 0) is 38.6 Å². The molecule has 0 radical (unpaired) electrons. The van der Waals surface area contributed by atoms with Crippen molar-refractivity contribution in [3.63, 3.8) is 0 Å². The molecule has 0 aliphatic heterocycles. The Morgan fingerprint density at radius 3 is 2.67 bits per heavy atom. The first-order valence-corrected chi connectivity index (χ1v) is 7.16. The van der Waals surface area contributed by atoms with Crippen LogP contribution in [0.2, 0.25) is 0 Å². The highest BCUT2D eigenvalue weighted by Crippen LogP contribution is 2.26. The Labute approximate surface area is 111 Å². The van der Waals surface area contributed by atoms with Gasteiger partial charge < -0.3 is 15.8 Å². The van der Waals surface area contributed by atoms with Crippen LogP contribution in [-0.4, -0.2) is 30.7 Å². The average molecular weight is 256 g/mol. The molecule has 1 aliphatic rings. The highest BCUT2D eigenvalue weighted by atomic mass is 16.5. The van der Waals surface area contributed by atoms with Crippen molar-refractivity contribution < 1.29 is 9.53 Å². The van der Waals surface area contributed by atoms with E-state index < -0.39 is 5.54 Å². The molecule has 0 aromatic heterocycles. The van der Waals surface area contributed by atoms with Crippen LogP contribution in [0.1, 0.15) is 52.9 Å². The van der Waals surface area contributed by atoms with Crippen molar-refractivity contribution in [2.75, 3.05) is 13.2 Å². The summed E-state index contributed by atoms with van der Waals surface area (Å²) in [6.45, 7) is 7.42. The molecule has 4 nitrogen and oxygen atoms in total. The molecule has 106 valence electrons. The van der Waals surface area contributed by atoms with Crippen molar-refractivity contribution in [2.45, 2.75) is 64.5 Å². The fourth-order valence-electron chi connectivity index (χ4n) is 2.63. The normalized spacial score (nSPS) is 27.7. The maximum atomic E-state index is 11.5. The van der Waals surface area contributed by atoms with Crippen LogP contribution < -0.4 is 11.1 Å². The largest absolute Gasteiger partial charge is 0.378 e. The summed E-state index contributed by atoms with van der Waals surface area (Å²) in [5, 5.41) is 3.15. The van der Waals surface area contributed by atoms with Crippen LogP contribution in [0, 0.1) is 5.92 Å². The Bertz CT molecular complexity index is 271. The molecular formula is C14H28N2O2. The van der Waals surface area contributed by atoms with Crippen LogP contribution in [0.25, 0.3) is 0 Å². The zero-order valence-electron chi connectivity index (χ0n) is 12.0. The lowest BCUT2D eigenvalue weighted by molar-refractivity contribution is -0.125. The van der Waals surface area contributed by atoms with Crippen molar-refractivity contribution >= 4 is 5.91 Å². The SMILES string of the molecule is CCNC(C)(CCOC1CCCCC1C)C(N)=O. The van der Waals surface area contributed by atoms with E-state index in [1.54, 1.807) is 0 Å². The quantitative estimate of drug-likeness (QED) is 0.730. The first kappa shape index (κ1) is 15.4. The van der Waals surface area contributed by atoms with Gasteiger partial charge in [0.2, 0.25) is 5.91 Å². The third-order valence-corrected chi connectivity index (χ3v) is 4.08. The van der Waals surface area contributed by atoms with Crippen LogP contribution in [-0.2, 0) is 9.53 Å². The standard InChI is InChI=1S/C14H28N2O2/c1-4-16-14(3,13(15)17)9-10-18-12-8-6-5-7-11(12)2/h11-12,16H,4-10H2,1-3H3,(H2,15,17). The maximum Gasteiger partial charge on any atom is 0.237 e. The zero-order chi connectivity index (χ0) is 13.6. The van der Waals surface area contributed by atoms with Gasteiger partial charge in [-0.3, -0.25) is 4.79 Å². The van der Waals surface area contributed by atoms with Gasteiger partial charge in [-0.25, -0.2) is 0 Å². The molecular weight excluding hydrogens is 228 g/mol. The van der Waals surface area contributed by atoms with Crippen molar-refractivity contribution in [2.24, 2.45) is 11.7 Å². The summed E-state index contributed by atoms with van der Waals surface area (Å²) in [5.74, 6) is 0.336. The second kappa shape index (κ2) is 7.10. The van der Waals surface area contributed by atoms with Gasteiger partial charge in [0.25, 0.3) is 0 Å². The van der Waals surface area contributed by atoms with Gasteiger partial charge in [-0.15, -0.1) is 0 Å². The number of likely N-dealkylation sites (N-methyl/N-ethyl adjacent to an activating group) is 1. The molecule has 0 bridgehead atoms. The molecule has 3 unspecified atom stereocenters. The van der Waals surface area contributed by atoms with Gasteiger partial charge in [0.05, 0.1) is 11.6 Å². The molecule has 4 heteroatoms. The number of hydrogen-bond acceptors (Lipinski definition) is 3. The van der Waals surface area contributed by atoms with Crippen LogP contribution in [0.5, 0.6) is 0 Å². The number of primary amides is 1. The highest BCUT2D eigenvalue weighted by molar-refractivity contribution is 5.84. The van der Waals surface area contributed by atoms with Crippen LogP contribution in [0.3, 0.4) is 0 Å². The van der Waals surface area contributed by atoms with Crippen LogP contribution in [0.4, 0.5) is 0 Å². The van der Waals surface area contributed by atoms with E-state index in [0.717, 1.165) is 13.0 Å². The first-order chi connectivity index (χ1) is 8.49. The molecule has 3 N–H and O–H groups in total. The lowest BCUT2D eigenvalue weighted by Crippen LogP contribution is -2.53. The smallest absolute Gasteiger partial charge is 0.237 e. The number of nitrogens with two attached hydrogens (primary N) is 1. The number of hydrogen-bond donors (Lipinski definition) is 2. The molecule has 0 saturated heterocycles. The first-order valence-electron chi connectivity index (χ1n) is 7.16. The molecule has 1 fully saturated rings. The number of ether oxygens (including phenoxy) is 1. The lowest BCUT2D eigenvalue weighted by Gasteiger charge is -2.31. The summed E-state index contributed by atoms with van der Waals surface area (Å²) >= 11 is 0. The topological polar surface area (TPSA) is 64.3 Å². The fraction of sp³-hybridized carbons (Fsp3) is 0.929. The van der Waals surface area contributed by atoms with E-state index in [1.165, 1.54) is 19.3 Å². The van der Waals surface area contributed by atoms with E-state index in [4.69, 9.17) is 10.5 Å². The summed E-state index contributed by atoms with van der Waals surface area (Å²) in [4.78, 5) is 11.5. The molecule has 0 aromatic rings. The number of carbonyl (C=O) groups is 1. The van der Waals surface area contributed by atoms with E-state index in [9.17, 15) is 4.79 Å². The number of nitrogens with one attached hydrogen (secondary N) is 1. The van der Waals surface area contributed by atoms with Crippen LogP contribution in [0.15, 0.2) is 0 Å². The summed E-state index contributed by atoms with van der Waals surface area (Å²) in [6, 6.07) is 0. The monoisotopic (exact) mass is 256 g/mol. The molecule has 1 amide bonds. The van der Waals surface area contributed by atoms with Crippen molar-refractivity contribution in [1.29, 1.82) is 0 Å². The number of amides is 1. The maximum absolute atomic E-state index is 11.5. The van der Waals surface area contributed by atoms with Crippen molar-refractivity contribution in [3.8, 4) is 0 Å². The molecule has 0 spiro atoms. The minimum Gasteiger partial charge on any atom is -0.378 e. The Hall–Kier alpha value is -0.610. The van der Waals surface area contributed by atoms with Gasteiger partial charge in [0.1, 0.15) is 0 Å². The minimum absolute atomic E-state index is 0.301. The predicted molar refractivity (Wildman–Crippen MR) is 73.3 cm³/mol. The summed E-state index contributed by atoms with van der Waals surface area (Å²) in [7, 11) is 0. The minimum atomic E-state index is -0.646. The summed E-state index contributed by atoms with van der Waals surface area (Å²) in [5.41, 5.74) is 4.80. The summed E-state index contributed by atoms with van der Waals surface area (Å²) < 4.78 is 5.94. The molecule has 0 heterocycles. The van der Waals surface area contributed by atoms with Crippen molar-refractivity contribution in [1.82, 2.24) is 5.32 Å². The Kier molecular flexibility index (Phi) is 6.09. The lowest BCUT2D eigenvalue weighted by atomic mass is 9.88. The number of carbonyl (C=O) groups excluding carboxylic acids is 1. The zero-order valence-corrected chi connectivity index (χ0v) is 12.0. The molecule has 0 aromatic carbocycles. The average Bonchev–Trinajstić information content (AvgIpc) is 2.32. The summed E-state index contributed by atoms with van der Waals surface area (Å²) in [6.07, 6.45) is 5.98. The Balaban J connectivity index is 2.36. The Morgan fingerprint density at radius 2 is 2.11 bits per heavy atom. The van der Waals surface area contributed by atoms with Gasteiger partial charge in [0.15, 0.2) is 0 Å². The van der Waals surface area contributed by atoms with Gasteiger partial charge >= 0.3 is 0 Å². The highest BCUT2D eigenvalue weighted by Gasteiger charge is 2.30. The third-order valence-electron chi connectivity index (χ3n) is 4.08. The second-order valence-electron chi connectivity index (χ2n) is 5.65. The van der Waals surface area contributed by atoms with Gasteiger partial charge in [-0.2, -0.15) is 0 Å². The van der Waals surface area contributed by atoms with E-state index in [-0.39, 0.29) is 5.91 Å². The molecule has 1 saturated carbocycles. The van der Waals surface area contributed by atoms with E-state index in [1.807, 2.05) is 13.8 Å². The van der Waals surface area contributed by atoms with E-state index in [0.29, 0.717) is 25.0 Å². The van der Waals surface area contributed by atoms with Crippen LogP contribution >= 0.6 is 0 Å². The van der Waals surface area contributed by atoms with Gasteiger partial charge in [0, 0.05) is 6.61 Å². The van der Waals surface area contributed by atoms with Gasteiger partial charge in [-0.1, -0.05) is 26.7 Å². The molecule has 1 aliphatic carbocycles. The molecule has 1 rings (SSSR count). The molecule has 3 atom stereocenters. The second-order valence-corrected chi connectivity index (χ2v) is 5.65.